The van der Waals surface area contributed by atoms with E-state index in [1.54, 1.807) is 4.57 Å². The maximum atomic E-state index is 14.3. The summed E-state index contributed by atoms with van der Waals surface area (Å²) in [5, 5.41) is -0.696. The maximum Gasteiger partial charge on any atom is 0.304 e. The molecule has 0 radical (unpaired) electrons. The molecule has 2 aromatic carbocycles. The van der Waals surface area contributed by atoms with Gasteiger partial charge in [0.2, 0.25) is 5.44 Å². The summed E-state index contributed by atoms with van der Waals surface area (Å²) in [6.45, 7) is 1.30. The van der Waals surface area contributed by atoms with Crippen LogP contribution in [-0.4, -0.2) is 15.5 Å². The van der Waals surface area contributed by atoms with Crippen molar-refractivity contribution in [1.82, 2.24) is 9.55 Å². The third-order valence-corrected chi connectivity index (χ3v) is 5.10. The van der Waals surface area contributed by atoms with E-state index in [0.717, 1.165) is 17.3 Å². The largest absolute Gasteiger partial charge is 0.443 e. The van der Waals surface area contributed by atoms with Gasteiger partial charge in [-0.2, -0.15) is 0 Å². The molecule has 0 saturated carbocycles. The Balaban J connectivity index is 1.94. The van der Waals surface area contributed by atoms with Gasteiger partial charge in [-0.15, -0.1) is 0 Å². The third-order valence-electron chi connectivity index (χ3n) is 3.84. The average molecular weight is 346 g/mol. The molecule has 2 atom stereocenters. The Labute approximate surface area is 140 Å². The van der Waals surface area contributed by atoms with Crippen molar-refractivity contribution in [2.45, 2.75) is 17.7 Å². The number of hydrogen-bond acceptors (Lipinski definition) is 4. The Bertz CT molecular complexity index is 937. The molecule has 0 N–H and O–H groups in total. The summed E-state index contributed by atoms with van der Waals surface area (Å²) in [7, 11) is 0. The van der Waals surface area contributed by atoms with E-state index in [1.807, 2.05) is 24.3 Å². The number of carbonyl (C=O) groups is 1. The van der Waals surface area contributed by atoms with Crippen molar-refractivity contribution in [2.24, 2.45) is 0 Å². The first-order valence-electron chi connectivity index (χ1n) is 7.29. The fraction of sp³-hybridized carbons (Fsp3) is 0.176. The summed E-state index contributed by atoms with van der Waals surface area (Å²) in [6.07, 6.45) is 0. The van der Waals surface area contributed by atoms with Gasteiger partial charge >= 0.3 is 5.97 Å². The van der Waals surface area contributed by atoms with Crippen LogP contribution >= 0.6 is 11.8 Å². The number of hydrogen-bond donors (Lipinski definition) is 0. The number of esters is 1. The molecule has 0 saturated heterocycles. The standard InChI is InChI=1S/C17H12F2N2O2S/c1-9(22)23-17-15-20-12-7-2-3-8-13(12)21(15)16(24-17)14-10(18)5-4-6-11(14)19/h2-8,16-17H,1H3. The van der Waals surface area contributed by atoms with Crippen LogP contribution in [0.25, 0.3) is 11.0 Å². The first-order valence-corrected chi connectivity index (χ1v) is 8.24. The predicted octanol–water partition coefficient (Wildman–Crippen LogP) is 4.17. The Kier molecular flexibility index (Phi) is 3.53. The Morgan fingerprint density at radius 1 is 1.17 bits per heavy atom. The molecule has 4 rings (SSSR count). The topological polar surface area (TPSA) is 44.1 Å². The van der Waals surface area contributed by atoms with Crippen LogP contribution in [0.3, 0.4) is 0 Å². The molecule has 0 amide bonds. The molecule has 0 fully saturated rings. The highest BCUT2D eigenvalue weighted by atomic mass is 32.2. The van der Waals surface area contributed by atoms with Crippen LogP contribution in [0.2, 0.25) is 0 Å². The van der Waals surface area contributed by atoms with Crippen molar-refractivity contribution in [3.05, 3.63) is 65.5 Å². The van der Waals surface area contributed by atoms with Crippen molar-refractivity contribution >= 4 is 28.8 Å². The van der Waals surface area contributed by atoms with Gasteiger partial charge in [0.15, 0.2) is 5.82 Å². The highest BCUT2D eigenvalue weighted by Crippen LogP contribution is 2.51. The number of fused-ring (bicyclic) bond motifs is 3. The molecule has 0 aliphatic carbocycles. The number of thioether (sulfide) groups is 1. The van der Waals surface area contributed by atoms with Crippen molar-refractivity contribution < 1.29 is 18.3 Å². The SMILES string of the molecule is CC(=O)OC1SC(c2c(F)cccc2F)n2c1nc1ccccc12. The summed E-state index contributed by atoms with van der Waals surface area (Å²) >= 11 is 1.15. The number of nitrogens with zero attached hydrogens (tertiary/aromatic N) is 2. The zero-order chi connectivity index (χ0) is 16.8. The number of benzene rings is 2. The number of carbonyl (C=O) groups excluding carboxylic acids is 1. The molecule has 3 aromatic rings. The van der Waals surface area contributed by atoms with Crippen LogP contribution in [0, 0.1) is 11.6 Å². The van der Waals surface area contributed by atoms with E-state index < -0.39 is 28.4 Å². The fourth-order valence-corrected chi connectivity index (χ4v) is 4.31. The van der Waals surface area contributed by atoms with E-state index in [0.29, 0.717) is 11.3 Å². The molecule has 1 aromatic heterocycles. The van der Waals surface area contributed by atoms with Crippen molar-refractivity contribution in [3.63, 3.8) is 0 Å². The highest BCUT2D eigenvalue weighted by Gasteiger charge is 2.40. The van der Waals surface area contributed by atoms with Crippen molar-refractivity contribution in [2.75, 3.05) is 0 Å². The van der Waals surface area contributed by atoms with E-state index in [1.165, 1.54) is 25.1 Å². The Morgan fingerprint density at radius 3 is 2.58 bits per heavy atom. The predicted molar refractivity (Wildman–Crippen MR) is 86.3 cm³/mol. The van der Waals surface area contributed by atoms with Crippen molar-refractivity contribution in [1.29, 1.82) is 0 Å². The fourth-order valence-electron chi connectivity index (χ4n) is 2.89. The quantitative estimate of drug-likeness (QED) is 0.653. The zero-order valence-electron chi connectivity index (χ0n) is 12.6. The van der Waals surface area contributed by atoms with Gasteiger partial charge in [-0.25, -0.2) is 13.8 Å². The molecule has 1 aliphatic rings. The second kappa shape index (κ2) is 5.59. The second-order valence-corrected chi connectivity index (χ2v) is 6.54. The Hall–Kier alpha value is -2.41. The molecule has 0 bridgehead atoms. The number of aromatic nitrogens is 2. The molecule has 2 unspecified atom stereocenters. The van der Waals surface area contributed by atoms with E-state index in [4.69, 9.17) is 4.74 Å². The van der Waals surface area contributed by atoms with Gasteiger partial charge in [-0.1, -0.05) is 30.0 Å². The van der Waals surface area contributed by atoms with Gasteiger partial charge < -0.3 is 9.30 Å². The molecule has 24 heavy (non-hydrogen) atoms. The van der Waals surface area contributed by atoms with E-state index in [-0.39, 0.29) is 5.56 Å². The first-order chi connectivity index (χ1) is 11.6. The molecule has 122 valence electrons. The maximum absolute atomic E-state index is 14.3. The van der Waals surface area contributed by atoms with Gasteiger partial charge in [-0.3, -0.25) is 4.79 Å². The van der Waals surface area contributed by atoms with Crippen LogP contribution in [0.5, 0.6) is 0 Å². The molecule has 2 heterocycles. The summed E-state index contributed by atoms with van der Waals surface area (Å²) in [6, 6.07) is 11.1. The minimum absolute atomic E-state index is 0.0680. The summed E-state index contributed by atoms with van der Waals surface area (Å²) in [4.78, 5) is 15.9. The number of ether oxygens (including phenoxy) is 1. The van der Waals surface area contributed by atoms with E-state index in [2.05, 4.69) is 4.98 Å². The lowest BCUT2D eigenvalue weighted by molar-refractivity contribution is -0.142. The van der Waals surface area contributed by atoms with E-state index in [9.17, 15) is 13.6 Å². The monoisotopic (exact) mass is 346 g/mol. The summed E-state index contributed by atoms with van der Waals surface area (Å²) in [5.74, 6) is -1.27. The number of rotatable bonds is 2. The lowest BCUT2D eigenvalue weighted by Gasteiger charge is -2.16. The van der Waals surface area contributed by atoms with Crippen LogP contribution in [0.1, 0.15) is 29.1 Å². The molecular formula is C17H12F2N2O2S. The number of imidazole rings is 1. The van der Waals surface area contributed by atoms with Crippen LogP contribution in [0.4, 0.5) is 8.78 Å². The molecule has 4 nitrogen and oxygen atoms in total. The van der Waals surface area contributed by atoms with Gasteiger partial charge in [0.1, 0.15) is 17.0 Å². The lowest BCUT2D eigenvalue weighted by Crippen LogP contribution is -2.08. The minimum atomic E-state index is -0.709. The molecule has 0 spiro atoms. The van der Waals surface area contributed by atoms with Gasteiger partial charge in [0.25, 0.3) is 0 Å². The summed E-state index contributed by atoms with van der Waals surface area (Å²) in [5.41, 5.74) is 0.648. The highest BCUT2D eigenvalue weighted by molar-refractivity contribution is 7.99. The smallest absolute Gasteiger partial charge is 0.304 e. The number of para-hydroxylation sites is 2. The minimum Gasteiger partial charge on any atom is -0.443 e. The first kappa shape index (κ1) is 15.1. The average Bonchev–Trinajstić information content (AvgIpc) is 3.05. The zero-order valence-corrected chi connectivity index (χ0v) is 13.4. The number of halogens is 2. The second-order valence-electron chi connectivity index (χ2n) is 5.39. The molecule has 7 heteroatoms. The van der Waals surface area contributed by atoms with Gasteiger partial charge in [-0.05, 0) is 24.3 Å². The molecule has 1 aliphatic heterocycles. The third kappa shape index (κ3) is 2.27. The van der Waals surface area contributed by atoms with Gasteiger partial charge in [0, 0.05) is 6.92 Å². The molecular weight excluding hydrogens is 334 g/mol. The van der Waals surface area contributed by atoms with Gasteiger partial charge in [0.05, 0.1) is 16.6 Å². The van der Waals surface area contributed by atoms with Crippen LogP contribution in [-0.2, 0) is 9.53 Å². The van der Waals surface area contributed by atoms with E-state index >= 15 is 0 Å². The Morgan fingerprint density at radius 2 is 1.88 bits per heavy atom. The van der Waals surface area contributed by atoms with Crippen molar-refractivity contribution in [3.8, 4) is 0 Å². The lowest BCUT2D eigenvalue weighted by atomic mass is 10.2. The van der Waals surface area contributed by atoms with Crippen LogP contribution < -0.4 is 0 Å². The summed E-state index contributed by atoms with van der Waals surface area (Å²) < 4.78 is 35.6. The van der Waals surface area contributed by atoms with Crippen LogP contribution in [0.15, 0.2) is 42.5 Å². The normalized spacial score (nSPS) is 19.5.